The van der Waals surface area contributed by atoms with E-state index >= 15 is 0 Å². The summed E-state index contributed by atoms with van der Waals surface area (Å²) in [6.07, 6.45) is 6.94. The number of hydrogen-bond acceptors (Lipinski definition) is 2. The number of nitrogens with zero attached hydrogens (tertiary/aromatic N) is 2. The molecule has 0 aliphatic rings. The van der Waals surface area contributed by atoms with E-state index < -0.39 is 6.43 Å². The summed E-state index contributed by atoms with van der Waals surface area (Å²) in [7, 11) is 1.45. The van der Waals surface area contributed by atoms with Crippen LogP contribution in [0.25, 0.3) is 0 Å². The van der Waals surface area contributed by atoms with Gasteiger partial charge >= 0.3 is 0 Å². The summed E-state index contributed by atoms with van der Waals surface area (Å²) in [6, 6.07) is 0. The second-order valence-electron chi connectivity index (χ2n) is 6.69. The van der Waals surface area contributed by atoms with Crippen molar-refractivity contribution < 1.29 is 13.5 Å². The molecule has 24 heavy (non-hydrogen) atoms. The third-order valence-corrected chi connectivity index (χ3v) is 4.97. The second kappa shape index (κ2) is 10.2. The highest BCUT2D eigenvalue weighted by atomic mass is 35.5. The van der Waals surface area contributed by atoms with E-state index in [0.29, 0.717) is 0 Å². The van der Waals surface area contributed by atoms with Gasteiger partial charge in [0.15, 0.2) is 5.69 Å². The third-order valence-electron chi connectivity index (χ3n) is 4.61. The van der Waals surface area contributed by atoms with Gasteiger partial charge in [0.05, 0.1) is 12.6 Å². The van der Waals surface area contributed by atoms with Gasteiger partial charge < -0.3 is 4.74 Å². The van der Waals surface area contributed by atoms with E-state index in [0.717, 1.165) is 38.5 Å². The zero-order valence-electron chi connectivity index (χ0n) is 15.4. The number of unbranched alkanes of at least 4 members (excludes halogenated alkanes) is 5. The third kappa shape index (κ3) is 5.33. The maximum absolute atomic E-state index is 13.2. The van der Waals surface area contributed by atoms with Crippen molar-refractivity contribution in [3.8, 4) is 5.88 Å². The lowest BCUT2D eigenvalue weighted by Crippen LogP contribution is -2.32. The molecule has 0 radical (unpaired) electrons. The van der Waals surface area contributed by atoms with Crippen LogP contribution in [0.2, 0.25) is 5.02 Å². The van der Waals surface area contributed by atoms with Gasteiger partial charge in [-0.15, -0.1) is 0 Å². The number of rotatable bonds is 12. The van der Waals surface area contributed by atoms with Gasteiger partial charge in [0.25, 0.3) is 6.43 Å². The van der Waals surface area contributed by atoms with Crippen LogP contribution in [-0.2, 0) is 5.54 Å². The van der Waals surface area contributed by atoms with Gasteiger partial charge in [0.1, 0.15) is 5.02 Å². The minimum Gasteiger partial charge on any atom is -0.480 e. The Morgan fingerprint density at radius 3 is 2.21 bits per heavy atom. The molecule has 0 fully saturated rings. The molecule has 0 amide bonds. The number of methoxy groups -OCH3 is 1. The van der Waals surface area contributed by atoms with E-state index in [4.69, 9.17) is 16.3 Å². The van der Waals surface area contributed by atoms with Crippen molar-refractivity contribution in [3.05, 3.63) is 10.7 Å². The Kier molecular flexibility index (Phi) is 9.03. The standard InChI is InChI=1S/C18H31ClF2N2O/c1-5-7-9-10-11-13-18(3,12-8-6-2)23-17(24-4)14(19)15(22-23)16(20)21/h16H,5-13H2,1-4H3. The summed E-state index contributed by atoms with van der Waals surface area (Å²) in [6.45, 7) is 6.39. The Morgan fingerprint density at radius 2 is 1.67 bits per heavy atom. The molecular weight excluding hydrogens is 334 g/mol. The zero-order chi connectivity index (χ0) is 18.2. The monoisotopic (exact) mass is 364 g/mol. The highest BCUT2D eigenvalue weighted by molar-refractivity contribution is 6.32. The van der Waals surface area contributed by atoms with Crippen molar-refractivity contribution in [2.24, 2.45) is 0 Å². The Hall–Kier alpha value is -0.840. The molecule has 140 valence electrons. The van der Waals surface area contributed by atoms with Crippen molar-refractivity contribution >= 4 is 11.6 Å². The molecule has 0 aromatic carbocycles. The summed E-state index contributed by atoms with van der Waals surface area (Å²) in [5.41, 5.74) is -0.744. The topological polar surface area (TPSA) is 27.1 Å². The van der Waals surface area contributed by atoms with Crippen molar-refractivity contribution in [1.29, 1.82) is 0 Å². The first-order chi connectivity index (χ1) is 11.4. The molecule has 0 saturated carbocycles. The number of aromatic nitrogens is 2. The summed E-state index contributed by atoms with van der Waals surface area (Å²) in [4.78, 5) is 0. The normalized spacial score (nSPS) is 14.2. The van der Waals surface area contributed by atoms with Gasteiger partial charge in [0.2, 0.25) is 5.88 Å². The lowest BCUT2D eigenvalue weighted by Gasteiger charge is -2.31. The molecular formula is C18H31ClF2N2O. The number of halogens is 3. The van der Waals surface area contributed by atoms with Gasteiger partial charge in [-0.25, -0.2) is 13.5 Å². The number of alkyl halides is 2. The molecule has 0 saturated heterocycles. The smallest absolute Gasteiger partial charge is 0.283 e. The van der Waals surface area contributed by atoms with Crippen LogP contribution in [0.15, 0.2) is 0 Å². The summed E-state index contributed by atoms with van der Waals surface area (Å²) >= 11 is 6.08. The van der Waals surface area contributed by atoms with Crippen LogP contribution in [0.3, 0.4) is 0 Å². The molecule has 1 aromatic heterocycles. The first kappa shape index (κ1) is 21.2. The molecule has 0 spiro atoms. The highest BCUT2D eigenvalue weighted by Crippen LogP contribution is 2.40. The van der Waals surface area contributed by atoms with Crippen molar-refractivity contribution in [2.75, 3.05) is 7.11 Å². The zero-order valence-corrected chi connectivity index (χ0v) is 16.1. The summed E-state index contributed by atoms with van der Waals surface area (Å²) in [5.74, 6) is 0.249. The lowest BCUT2D eigenvalue weighted by atomic mass is 9.88. The fourth-order valence-electron chi connectivity index (χ4n) is 3.08. The van der Waals surface area contributed by atoms with Crippen LogP contribution < -0.4 is 4.74 Å². The molecule has 0 bridgehead atoms. The minimum absolute atomic E-state index is 0.0683. The van der Waals surface area contributed by atoms with E-state index in [1.54, 1.807) is 4.68 Å². The molecule has 1 atom stereocenters. The molecule has 1 aromatic rings. The highest BCUT2D eigenvalue weighted by Gasteiger charge is 2.34. The van der Waals surface area contributed by atoms with Crippen molar-refractivity contribution in [3.63, 3.8) is 0 Å². The van der Waals surface area contributed by atoms with Crippen LogP contribution in [0, 0.1) is 0 Å². The van der Waals surface area contributed by atoms with Gasteiger partial charge in [-0.3, -0.25) is 0 Å². The second-order valence-corrected chi connectivity index (χ2v) is 7.06. The average molecular weight is 365 g/mol. The lowest BCUT2D eigenvalue weighted by molar-refractivity contribution is 0.140. The largest absolute Gasteiger partial charge is 0.480 e. The average Bonchev–Trinajstić information content (AvgIpc) is 2.90. The first-order valence-electron chi connectivity index (χ1n) is 9.02. The SMILES string of the molecule is CCCCCCCC(C)(CCCC)n1nc(C(F)F)c(Cl)c1OC. The van der Waals surface area contributed by atoms with E-state index in [-0.39, 0.29) is 22.1 Å². The van der Waals surface area contributed by atoms with Crippen LogP contribution in [0.5, 0.6) is 5.88 Å². The molecule has 0 aliphatic carbocycles. The molecule has 0 N–H and O–H groups in total. The van der Waals surface area contributed by atoms with Gasteiger partial charge in [-0.1, -0.05) is 70.4 Å². The molecule has 0 aliphatic heterocycles. The molecule has 6 heteroatoms. The Balaban J connectivity index is 3.03. The predicted molar refractivity (Wildman–Crippen MR) is 95.3 cm³/mol. The van der Waals surface area contributed by atoms with E-state index in [1.807, 2.05) is 0 Å². The van der Waals surface area contributed by atoms with Crippen LogP contribution in [-0.4, -0.2) is 16.9 Å². The maximum Gasteiger partial charge on any atom is 0.283 e. The number of ether oxygens (including phenoxy) is 1. The van der Waals surface area contributed by atoms with Crippen molar-refractivity contribution in [1.82, 2.24) is 9.78 Å². The quantitative estimate of drug-likeness (QED) is 0.383. The molecule has 3 nitrogen and oxygen atoms in total. The fourth-order valence-corrected chi connectivity index (χ4v) is 3.36. The van der Waals surface area contributed by atoms with Crippen molar-refractivity contribution in [2.45, 2.75) is 90.5 Å². The van der Waals surface area contributed by atoms with Gasteiger partial charge in [-0.05, 0) is 19.8 Å². The Morgan fingerprint density at radius 1 is 1.08 bits per heavy atom. The van der Waals surface area contributed by atoms with E-state index in [1.165, 1.54) is 26.4 Å². The Labute approximate surface area is 149 Å². The van der Waals surface area contributed by atoms with Crippen LogP contribution >= 0.6 is 11.6 Å². The molecule has 1 unspecified atom stereocenters. The van der Waals surface area contributed by atoms with E-state index in [2.05, 4.69) is 25.9 Å². The molecule has 1 rings (SSSR count). The van der Waals surface area contributed by atoms with Crippen LogP contribution in [0.4, 0.5) is 8.78 Å². The number of hydrogen-bond donors (Lipinski definition) is 0. The Bertz CT molecular complexity index is 494. The molecule has 1 heterocycles. The first-order valence-corrected chi connectivity index (χ1v) is 9.40. The van der Waals surface area contributed by atoms with Gasteiger partial charge in [0, 0.05) is 0 Å². The van der Waals surface area contributed by atoms with Crippen LogP contribution in [0.1, 0.15) is 90.7 Å². The minimum atomic E-state index is -2.70. The van der Waals surface area contributed by atoms with Gasteiger partial charge in [-0.2, -0.15) is 5.10 Å². The van der Waals surface area contributed by atoms with E-state index in [9.17, 15) is 8.78 Å². The summed E-state index contributed by atoms with van der Waals surface area (Å²) < 4.78 is 33.3. The summed E-state index contributed by atoms with van der Waals surface area (Å²) in [5, 5.41) is 4.06. The maximum atomic E-state index is 13.2. The predicted octanol–water partition coefficient (Wildman–Crippen LogP) is 6.75. The fraction of sp³-hybridized carbons (Fsp3) is 0.833.